The summed E-state index contributed by atoms with van der Waals surface area (Å²) in [6.07, 6.45) is 9.94. The lowest BCUT2D eigenvalue weighted by Crippen LogP contribution is -2.53. The number of quaternary nitrogens is 2. The molecule has 1 unspecified atom stereocenters. The Hall–Kier alpha value is -6.04. The normalized spacial score (nSPS) is 18.4. The van der Waals surface area contributed by atoms with Crippen LogP contribution in [0.2, 0.25) is 0 Å². The number of nitrogen functional groups attached to an aromatic ring is 3. The second-order valence-electron chi connectivity index (χ2n) is 33.6. The molecule has 0 aliphatic carbocycles. The van der Waals surface area contributed by atoms with Crippen LogP contribution in [0.25, 0.3) is 0 Å². The maximum atomic E-state index is 12.0. The fourth-order valence-electron chi connectivity index (χ4n) is 11.2. The highest BCUT2D eigenvalue weighted by atomic mass is 32.2. The summed E-state index contributed by atoms with van der Waals surface area (Å²) in [7, 11) is 18.3. The highest BCUT2D eigenvalue weighted by molar-refractivity contribution is 7.88. The van der Waals surface area contributed by atoms with Crippen molar-refractivity contribution in [2.45, 2.75) is 89.6 Å². The average molecular weight is 2030 g/mol. The van der Waals surface area contributed by atoms with E-state index in [4.69, 9.17) is 97.1 Å². The summed E-state index contributed by atoms with van der Waals surface area (Å²) < 4.78 is 70.7. The van der Waals surface area contributed by atoms with Gasteiger partial charge in [0.05, 0.1) is 137 Å². The molecule has 2 aromatic heterocycles. The molecule has 11 aliphatic rings. The van der Waals surface area contributed by atoms with Crippen LogP contribution in [0.3, 0.4) is 0 Å². The van der Waals surface area contributed by atoms with Crippen molar-refractivity contribution in [2.24, 2.45) is 40.1 Å². The number of primary amides is 2. The van der Waals surface area contributed by atoms with Crippen LogP contribution in [-0.4, -0.2) is 506 Å². The van der Waals surface area contributed by atoms with Gasteiger partial charge in [-0.15, -0.1) is 11.3 Å². The van der Waals surface area contributed by atoms with E-state index < -0.39 is 10.0 Å². The Morgan fingerprint density at radius 3 is 1.22 bits per heavy atom. The largest absolute Gasteiger partial charge is 0.453 e. The molecule has 0 spiro atoms. The van der Waals surface area contributed by atoms with E-state index in [0.717, 1.165) is 258 Å². The topological polar surface area (TPSA) is 660 Å². The van der Waals surface area contributed by atoms with E-state index in [0.29, 0.717) is 75.9 Å². The predicted molar refractivity (Wildman–Crippen MR) is 557 cm³/mol. The molecule has 14 rings (SSSR count). The summed E-state index contributed by atoms with van der Waals surface area (Å²) in [5.41, 5.74) is 52.0. The minimum absolute atomic E-state index is 0.0220. The van der Waals surface area contributed by atoms with E-state index in [2.05, 4.69) is 123 Å². The molecule has 3 aromatic rings. The highest BCUT2D eigenvalue weighted by Gasteiger charge is 2.21. The Labute approximate surface area is 832 Å². The third-order valence-electron chi connectivity index (χ3n) is 19.4. The number of aliphatic hydroxyl groups excluding tert-OH is 5. The van der Waals surface area contributed by atoms with Crippen LogP contribution >= 0.6 is 11.3 Å². The number of carbonyl (C=O) groups is 4. The number of hydrogen-bond acceptors (Lipinski definition) is 39. The molecule has 0 bridgehead atoms. The molecule has 138 heavy (non-hydrogen) atoms. The van der Waals surface area contributed by atoms with Gasteiger partial charge in [-0.1, -0.05) is 0 Å². The molecular formula is C90H198FN27O18S2+2. The zero-order valence-corrected chi connectivity index (χ0v) is 88.5. The second kappa shape index (κ2) is 102. The van der Waals surface area contributed by atoms with Gasteiger partial charge in [0, 0.05) is 274 Å². The van der Waals surface area contributed by atoms with Crippen molar-refractivity contribution in [1.82, 2.24) is 76.7 Å². The van der Waals surface area contributed by atoms with Gasteiger partial charge in [-0.05, 0) is 128 Å². The SMILES string of the molecule is C1CNCCN1.CC(=O)N1CCNCC1.CCO.CN1CCC(O)CC1.CNC.COC(=O)N1CCNCC1.COCCN.COCO.CS(=O)(=O)N1CCNCC1.C[N+](C)(C)CCN.C[N+]1(C)CCNCC1.NC(=O)CCN1CCOCC1.NC(=O)CCN1CCOCC1.NC1CNC1.NCC1CCCO1.NCCO.Nc1ccc(F)cc1.Nc1ccco1.Nc1cccs1.OC1CCNCC1. The number of rotatable bonds is 14. The number of anilines is 3. The van der Waals surface area contributed by atoms with E-state index in [-0.39, 0.29) is 61.8 Å². The zero-order chi connectivity index (χ0) is 105. The Morgan fingerprint density at radius 1 is 0.594 bits per heavy atom. The monoisotopic (exact) mass is 2030 g/mol. The minimum Gasteiger partial charge on any atom is -0.453 e. The molecule has 45 nitrogen and oxygen atoms in total. The molecule has 1 atom stereocenters. The molecule has 48 heteroatoms. The number of methoxy groups -OCH3 is 3. The first-order valence-electron chi connectivity index (χ1n) is 47.9. The first kappa shape index (κ1) is 143. The Morgan fingerprint density at radius 2 is 1.01 bits per heavy atom. The number of nitrogens with zero attached hydrogens (tertiary/aromatic N) is 8. The fraction of sp³-hybridized carbons (Fsp3) is 0.800. The van der Waals surface area contributed by atoms with Crippen molar-refractivity contribution < 1.29 is 99.3 Å². The number of nitrogens with one attached hydrogen (secondary N) is 9. The number of carbonyl (C=O) groups excluding carboxylic acids is 4. The molecule has 11 fully saturated rings. The van der Waals surface area contributed by atoms with E-state index in [9.17, 15) is 32.0 Å². The van der Waals surface area contributed by atoms with Crippen LogP contribution in [0.4, 0.5) is 25.8 Å². The van der Waals surface area contributed by atoms with Crippen molar-refractivity contribution in [3.8, 4) is 0 Å². The van der Waals surface area contributed by atoms with Crippen LogP contribution in [-0.2, 0) is 52.8 Å². The van der Waals surface area contributed by atoms with Crippen LogP contribution in [0, 0.1) is 5.82 Å². The summed E-state index contributed by atoms with van der Waals surface area (Å²) in [6, 6.07) is 13.4. The number of nitrogens with two attached hydrogens (primary N) is 10. The van der Waals surface area contributed by atoms with Crippen molar-refractivity contribution in [2.75, 3.05) is 403 Å². The smallest absolute Gasteiger partial charge is 0.409 e. The number of aliphatic hydroxyl groups is 5. The summed E-state index contributed by atoms with van der Waals surface area (Å²) in [6.45, 7) is 42.2. The van der Waals surface area contributed by atoms with Gasteiger partial charge >= 0.3 is 6.09 Å². The number of likely N-dealkylation sites (N-methyl/N-ethyl adjacent to an activating group) is 2. The molecule has 11 saturated heterocycles. The number of benzene rings is 1. The number of piperazine rings is 5. The summed E-state index contributed by atoms with van der Waals surface area (Å²) in [4.78, 5) is 52.5. The number of halogens is 1. The molecule has 0 radical (unpaired) electrons. The number of hydrogen-bond donors (Lipinski definition) is 24. The molecule has 1 aromatic carbocycles. The molecule has 818 valence electrons. The van der Waals surface area contributed by atoms with Crippen molar-refractivity contribution in [1.29, 1.82) is 0 Å². The summed E-state index contributed by atoms with van der Waals surface area (Å²) >= 11 is 1.56. The van der Waals surface area contributed by atoms with Crippen LogP contribution in [0.5, 0.6) is 0 Å². The van der Waals surface area contributed by atoms with Gasteiger partial charge < -0.3 is 187 Å². The number of thiophene rings is 1. The Kier molecular flexibility index (Phi) is 106. The van der Waals surface area contributed by atoms with Crippen LogP contribution in [0.15, 0.2) is 64.6 Å². The molecular weight excluding hydrogens is 1830 g/mol. The minimum atomic E-state index is -2.93. The van der Waals surface area contributed by atoms with Crippen molar-refractivity contribution >= 4 is 61.7 Å². The quantitative estimate of drug-likeness (QED) is 0.0409. The Bertz CT molecular complexity index is 3000. The van der Waals surface area contributed by atoms with E-state index >= 15 is 0 Å². The first-order valence-corrected chi connectivity index (χ1v) is 50.7. The van der Waals surface area contributed by atoms with E-state index in [1.807, 2.05) is 36.5 Å². The fourth-order valence-corrected chi connectivity index (χ4v) is 12.5. The number of ether oxygens (including phenoxy) is 6. The summed E-state index contributed by atoms with van der Waals surface area (Å²) in [5, 5.41) is 71.8. The summed E-state index contributed by atoms with van der Waals surface area (Å²) in [5.74, 6) is -0.0429. The van der Waals surface area contributed by atoms with Crippen molar-refractivity contribution in [3.05, 3.63) is 66.0 Å². The standard InChI is InChI=1S/2C7H14N2O2.C6H6FN.C6H12N2O2.C6H12N2O.C6H15N2.C6H13NO.C5H12N2O2S.C5H15N2.2C5H11NO.C4H10N2.C4H5NO.C4H5NS.C3H8N2.C3H9NO.C2H7NO.C2H7N.C2H6O2.C2H6O/c2*8-7(10)1-2-9-3-5-11-6-4-9;7-5-1-3-6(8)4-2-5;1-10-6(9)8-4-2-7-3-5-8;1-6(9)8-4-2-7-3-5-8;1-8(2)5-3-7-4-6-8;1-7-4-2-6(8)3-5-7;1-10(8,9)7-4-2-6-3-5-7;1-7(2,3)5-4-6;7-5-1-3-6-4-2-5;6-4-5-2-1-3-7-5;1-2-6-4-3-5-1;2*5-4-2-1-3-6-4;4-3-1-5-2-3;1-5-3-2-4;3-1-2-4;1-3-2;1-4-2-3;1-2-3/h2*1-6H2,(H2,8,10);1-4H,8H2;7H,2-5H2,1H3;7H,2-5H2,1H3;7H,3-6H2,1-2H3;6,8H,2-5H2,1H3;6H,2-5H2,1H3;4-6H2,1-3H3;5-7H,1-4H2;5H,1-4,6H2;5-6H,1-4H2;2*1-3H,5H2;3,5H,1-2,4H2;2-4H2,1H3;4H,1-3H2;3H,1-2H3;3H,2H2,1H3;3H,2H2,1H3/q;;;;;+1;;;+1;;;;;;;;;;;. The van der Waals surface area contributed by atoms with Gasteiger partial charge in [0.15, 0.2) is 5.88 Å². The lowest BCUT2D eigenvalue weighted by Gasteiger charge is -2.33. The molecule has 11 aliphatic heterocycles. The van der Waals surface area contributed by atoms with Gasteiger partial charge in [0.2, 0.25) is 27.7 Å². The molecule has 34 N–H and O–H groups in total. The molecule has 4 amide bonds. The molecule has 13 heterocycles. The third-order valence-corrected chi connectivity index (χ3v) is 21.4. The van der Waals surface area contributed by atoms with Crippen molar-refractivity contribution in [3.63, 3.8) is 0 Å². The van der Waals surface area contributed by atoms with Gasteiger partial charge in [-0.2, -0.15) is 4.31 Å². The maximum Gasteiger partial charge on any atom is 0.409 e. The lowest BCUT2D eigenvalue weighted by molar-refractivity contribution is -0.891. The number of sulfonamides is 1. The van der Waals surface area contributed by atoms with Crippen LogP contribution in [0.1, 0.15) is 65.2 Å². The predicted octanol–water partition coefficient (Wildman–Crippen LogP) is -4.78. The number of morpholine rings is 2. The molecule has 0 saturated carbocycles. The van der Waals surface area contributed by atoms with Gasteiger partial charge in [0.25, 0.3) is 0 Å². The van der Waals surface area contributed by atoms with Gasteiger partial charge in [0.1, 0.15) is 12.6 Å². The van der Waals surface area contributed by atoms with E-state index in [1.165, 1.54) is 92.4 Å². The van der Waals surface area contributed by atoms with Gasteiger partial charge in [-0.25, -0.2) is 17.6 Å². The third kappa shape index (κ3) is 109. The van der Waals surface area contributed by atoms with Gasteiger partial charge in [-0.3, -0.25) is 24.2 Å². The Balaban J connectivity index is -0.000000335. The lowest BCUT2D eigenvalue weighted by atomic mass is 10.1. The van der Waals surface area contributed by atoms with E-state index in [1.54, 1.807) is 49.3 Å². The second-order valence-corrected chi connectivity index (χ2v) is 36.5. The number of likely N-dealkylation sites (tertiary alicyclic amines) is 1. The van der Waals surface area contributed by atoms with Crippen LogP contribution < -0.4 is 105 Å². The average Bonchev–Trinajstić information content (AvgIpc) is 1.12. The highest BCUT2D eigenvalue weighted by Crippen LogP contribution is 2.11. The number of amides is 4. The number of piperidine rings is 2. The zero-order valence-electron chi connectivity index (χ0n) is 86.9. The maximum absolute atomic E-state index is 12.0. The number of furan rings is 1. The first-order chi connectivity index (χ1) is 65.7.